The van der Waals surface area contributed by atoms with Crippen LogP contribution in [0.25, 0.3) is 0 Å². The van der Waals surface area contributed by atoms with Crippen LogP contribution in [0.4, 0.5) is 0 Å². The van der Waals surface area contributed by atoms with Gasteiger partial charge < -0.3 is 10.1 Å². The van der Waals surface area contributed by atoms with Gasteiger partial charge in [-0.3, -0.25) is 4.98 Å². The van der Waals surface area contributed by atoms with Crippen molar-refractivity contribution < 1.29 is 4.74 Å². The molecule has 4 heteroatoms. The summed E-state index contributed by atoms with van der Waals surface area (Å²) in [5.41, 5.74) is 4.44. The van der Waals surface area contributed by atoms with Crippen molar-refractivity contribution in [2.75, 3.05) is 7.11 Å². The van der Waals surface area contributed by atoms with E-state index in [1.165, 1.54) is 5.56 Å². The summed E-state index contributed by atoms with van der Waals surface area (Å²) in [5, 5.41) is 3.52. The summed E-state index contributed by atoms with van der Waals surface area (Å²) in [7, 11) is 1.70. The van der Waals surface area contributed by atoms with Crippen LogP contribution < -0.4 is 10.1 Å². The minimum atomic E-state index is 0.245. The highest BCUT2D eigenvalue weighted by Gasteiger charge is 2.12. The van der Waals surface area contributed by atoms with E-state index in [0.29, 0.717) is 6.54 Å². The van der Waals surface area contributed by atoms with E-state index in [1.54, 1.807) is 7.11 Å². The Morgan fingerprint density at radius 2 is 2.00 bits per heavy atom. The lowest BCUT2D eigenvalue weighted by molar-refractivity contribution is 0.406. The minimum Gasteiger partial charge on any atom is -0.496 e. The number of halogens is 1. The van der Waals surface area contributed by atoms with Gasteiger partial charge >= 0.3 is 0 Å². The largest absolute Gasteiger partial charge is 0.496 e. The molecule has 0 aliphatic heterocycles. The number of pyridine rings is 1. The van der Waals surface area contributed by atoms with Crippen LogP contribution in [0.3, 0.4) is 0 Å². The van der Waals surface area contributed by atoms with Crippen molar-refractivity contribution in [2.24, 2.45) is 0 Å². The highest BCUT2D eigenvalue weighted by molar-refractivity contribution is 9.10. The van der Waals surface area contributed by atoms with E-state index in [1.807, 2.05) is 19.2 Å². The molecule has 0 bridgehead atoms. The average molecular weight is 349 g/mol. The van der Waals surface area contributed by atoms with Crippen LogP contribution in [0.15, 0.2) is 34.9 Å². The van der Waals surface area contributed by atoms with E-state index >= 15 is 0 Å². The molecule has 2 aromatic rings. The number of aryl methyl sites for hydroxylation is 1. The smallest absolute Gasteiger partial charge is 0.128 e. The zero-order valence-electron chi connectivity index (χ0n) is 12.9. The van der Waals surface area contributed by atoms with Crippen LogP contribution in [-0.2, 0) is 6.54 Å². The summed E-state index contributed by atoms with van der Waals surface area (Å²) >= 11 is 3.59. The number of nitrogens with one attached hydrogen (secondary N) is 1. The first-order valence-corrected chi connectivity index (χ1v) is 7.80. The first-order chi connectivity index (χ1) is 10.0. The summed E-state index contributed by atoms with van der Waals surface area (Å²) < 4.78 is 6.57. The van der Waals surface area contributed by atoms with Gasteiger partial charge in [-0.15, -0.1) is 0 Å². The Kier molecular flexibility index (Phi) is 5.37. The molecule has 0 aliphatic rings. The number of hydrogen-bond acceptors (Lipinski definition) is 3. The van der Waals surface area contributed by atoms with Crippen LogP contribution in [0.2, 0.25) is 0 Å². The Hall–Kier alpha value is -1.39. The Morgan fingerprint density at radius 1 is 1.29 bits per heavy atom. The molecule has 0 saturated carbocycles. The Balaban J connectivity index is 2.12. The maximum Gasteiger partial charge on any atom is 0.128 e. The molecule has 0 aliphatic carbocycles. The summed E-state index contributed by atoms with van der Waals surface area (Å²) in [6, 6.07) is 8.51. The molecule has 3 nitrogen and oxygen atoms in total. The second kappa shape index (κ2) is 7.05. The summed E-state index contributed by atoms with van der Waals surface area (Å²) in [4.78, 5) is 4.52. The van der Waals surface area contributed by atoms with Crippen molar-refractivity contribution in [3.8, 4) is 5.75 Å². The van der Waals surface area contributed by atoms with Crippen molar-refractivity contribution in [1.29, 1.82) is 0 Å². The SMILES string of the molecule is COc1c(C)cnc(CN[C@H](C)c2ccccc2Br)c1C. The van der Waals surface area contributed by atoms with Crippen molar-refractivity contribution in [3.05, 3.63) is 57.3 Å². The second-order valence-corrected chi connectivity index (χ2v) is 6.02. The van der Waals surface area contributed by atoms with Crippen molar-refractivity contribution >= 4 is 15.9 Å². The molecule has 112 valence electrons. The third-order valence-corrected chi connectivity index (χ3v) is 4.42. The molecule has 1 atom stereocenters. The Bertz CT molecular complexity index is 628. The molecule has 0 unspecified atom stereocenters. The van der Waals surface area contributed by atoms with Crippen LogP contribution >= 0.6 is 15.9 Å². The van der Waals surface area contributed by atoms with Gasteiger partial charge in [-0.05, 0) is 32.4 Å². The fourth-order valence-corrected chi connectivity index (χ4v) is 3.06. The summed E-state index contributed by atoms with van der Waals surface area (Å²) in [6.07, 6.45) is 1.87. The van der Waals surface area contributed by atoms with Gasteiger partial charge in [-0.1, -0.05) is 34.1 Å². The van der Waals surface area contributed by atoms with Gasteiger partial charge in [0.25, 0.3) is 0 Å². The normalized spacial score (nSPS) is 12.2. The van der Waals surface area contributed by atoms with Gasteiger partial charge in [0.15, 0.2) is 0 Å². The lowest BCUT2D eigenvalue weighted by atomic mass is 10.1. The first kappa shape index (κ1) is 16.0. The van der Waals surface area contributed by atoms with Gasteiger partial charge in [0.05, 0.1) is 12.8 Å². The van der Waals surface area contributed by atoms with Crippen molar-refractivity contribution in [1.82, 2.24) is 10.3 Å². The van der Waals surface area contributed by atoms with E-state index in [-0.39, 0.29) is 6.04 Å². The summed E-state index contributed by atoms with van der Waals surface area (Å²) in [6.45, 7) is 6.94. The molecule has 0 saturated heterocycles. The van der Waals surface area contributed by atoms with E-state index in [9.17, 15) is 0 Å². The van der Waals surface area contributed by atoms with Gasteiger partial charge in [0.2, 0.25) is 0 Å². The standard InChI is InChI=1S/C17H21BrN2O/c1-11-9-20-16(12(2)17(11)21-4)10-19-13(3)14-7-5-6-8-15(14)18/h5-9,13,19H,10H2,1-4H3/t13-/m1/s1. The van der Waals surface area contributed by atoms with Crippen molar-refractivity contribution in [2.45, 2.75) is 33.4 Å². The van der Waals surface area contributed by atoms with Crippen LogP contribution in [0.5, 0.6) is 5.75 Å². The molecule has 0 radical (unpaired) electrons. The molecule has 0 amide bonds. The monoisotopic (exact) mass is 348 g/mol. The fraction of sp³-hybridized carbons (Fsp3) is 0.353. The number of aromatic nitrogens is 1. The Morgan fingerprint density at radius 3 is 2.67 bits per heavy atom. The maximum absolute atomic E-state index is 5.45. The van der Waals surface area contributed by atoms with Gasteiger partial charge in [0.1, 0.15) is 5.75 Å². The third kappa shape index (κ3) is 3.63. The highest BCUT2D eigenvalue weighted by Crippen LogP contribution is 2.26. The van der Waals surface area contributed by atoms with Crippen molar-refractivity contribution in [3.63, 3.8) is 0 Å². The van der Waals surface area contributed by atoms with Gasteiger partial charge in [-0.25, -0.2) is 0 Å². The Labute approximate surface area is 134 Å². The molecule has 2 rings (SSSR count). The van der Waals surface area contributed by atoms with E-state index in [4.69, 9.17) is 4.74 Å². The van der Waals surface area contributed by atoms with Crippen LogP contribution in [-0.4, -0.2) is 12.1 Å². The predicted octanol–water partition coefficient (Wildman–Crippen LogP) is 4.32. The van der Waals surface area contributed by atoms with E-state index in [0.717, 1.165) is 27.0 Å². The quantitative estimate of drug-likeness (QED) is 0.873. The van der Waals surface area contributed by atoms with Gasteiger partial charge in [-0.2, -0.15) is 0 Å². The average Bonchev–Trinajstić information content (AvgIpc) is 2.47. The van der Waals surface area contributed by atoms with Gasteiger partial charge in [0, 0.05) is 34.4 Å². The number of nitrogens with zero attached hydrogens (tertiary/aromatic N) is 1. The lowest BCUT2D eigenvalue weighted by Gasteiger charge is -2.17. The molecule has 0 fully saturated rings. The zero-order chi connectivity index (χ0) is 15.4. The number of methoxy groups -OCH3 is 1. The number of rotatable bonds is 5. The molecule has 1 aromatic heterocycles. The molecule has 1 N–H and O–H groups in total. The van der Waals surface area contributed by atoms with Crippen LogP contribution in [0.1, 0.15) is 35.3 Å². The third-order valence-electron chi connectivity index (χ3n) is 3.70. The second-order valence-electron chi connectivity index (χ2n) is 5.17. The predicted molar refractivity (Wildman–Crippen MR) is 89.7 cm³/mol. The van der Waals surface area contributed by atoms with E-state index in [2.05, 4.69) is 58.3 Å². The first-order valence-electron chi connectivity index (χ1n) is 7.01. The molecular weight excluding hydrogens is 328 g/mol. The number of hydrogen-bond donors (Lipinski definition) is 1. The van der Waals surface area contributed by atoms with Crippen LogP contribution in [0, 0.1) is 13.8 Å². The molecular formula is C17H21BrN2O. The molecule has 0 spiro atoms. The highest BCUT2D eigenvalue weighted by atomic mass is 79.9. The molecule has 1 aromatic carbocycles. The molecule has 1 heterocycles. The molecule has 21 heavy (non-hydrogen) atoms. The number of ether oxygens (including phenoxy) is 1. The topological polar surface area (TPSA) is 34.1 Å². The zero-order valence-corrected chi connectivity index (χ0v) is 14.5. The minimum absolute atomic E-state index is 0.245. The maximum atomic E-state index is 5.45. The summed E-state index contributed by atoms with van der Waals surface area (Å²) in [5.74, 6) is 0.926. The van der Waals surface area contributed by atoms with E-state index < -0.39 is 0 Å². The number of benzene rings is 1. The fourth-order valence-electron chi connectivity index (χ4n) is 2.44. The lowest BCUT2D eigenvalue weighted by Crippen LogP contribution is -2.20.